The van der Waals surface area contributed by atoms with E-state index in [4.69, 9.17) is 0 Å². The number of pyridine rings is 1. The molecule has 3 nitrogen and oxygen atoms in total. The molecule has 3 heterocycles. The van der Waals surface area contributed by atoms with Crippen molar-refractivity contribution >= 4 is 16.9 Å². The third-order valence-corrected chi connectivity index (χ3v) is 3.12. The van der Waals surface area contributed by atoms with Crippen molar-refractivity contribution in [3.05, 3.63) is 42.0 Å². The third-order valence-electron chi connectivity index (χ3n) is 2.26. The molecule has 74 valence electrons. The number of hydrogen-bond acceptors (Lipinski definition) is 3. The fourth-order valence-electron chi connectivity index (χ4n) is 1.58. The molecule has 0 unspecified atom stereocenters. The Kier molecular flexibility index (Phi) is 1.76. The van der Waals surface area contributed by atoms with Crippen LogP contribution in [0.4, 0.5) is 0 Å². The molecule has 0 saturated heterocycles. The zero-order valence-electron chi connectivity index (χ0n) is 7.79. The summed E-state index contributed by atoms with van der Waals surface area (Å²) in [6.07, 6.45) is 3.58. The van der Waals surface area contributed by atoms with E-state index < -0.39 is 0 Å². The summed E-state index contributed by atoms with van der Waals surface area (Å²) in [5, 5.41) is 11.4. The minimum Gasteiger partial charge on any atom is -0.508 e. The Morgan fingerprint density at radius 1 is 1.33 bits per heavy atom. The molecule has 0 aliphatic rings. The van der Waals surface area contributed by atoms with Crippen LogP contribution >= 0.6 is 11.3 Å². The maximum Gasteiger partial charge on any atom is 0.154 e. The Morgan fingerprint density at radius 2 is 2.27 bits per heavy atom. The summed E-state index contributed by atoms with van der Waals surface area (Å²) in [6.45, 7) is 0. The number of imidazole rings is 1. The van der Waals surface area contributed by atoms with E-state index in [2.05, 4.69) is 4.98 Å². The molecule has 0 atom stereocenters. The summed E-state index contributed by atoms with van der Waals surface area (Å²) in [6, 6.07) is 7.39. The van der Waals surface area contributed by atoms with Gasteiger partial charge in [0.05, 0.1) is 16.6 Å². The van der Waals surface area contributed by atoms with E-state index in [0.29, 0.717) is 0 Å². The van der Waals surface area contributed by atoms with E-state index in [1.807, 2.05) is 28.1 Å². The van der Waals surface area contributed by atoms with Gasteiger partial charge < -0.3 is 5.11 Å². The normalized spacial score (nSPS) is 10.9. The van der Waals surface area contributed by atoms with Crippen LogP contribution in [-0.4, -0.2) is 14.5 Å². The topological polar surface area (TPSA) is 37.5 Å². The first-order valence-corrected chi connectivity index (χ1v) is 5.42. The Balaban J connectivity index is 2.29. The molecule has 0 aliphatic carbocycles. The first kappa shape index (κ1) is 8.49. The molecule has 0 bridgehead atoms. The predicted molar refractivity (Wildman–Crippen MR) is 60.2 cm³/mol. The molecule has 3 aromatic heterocycles. The van der Waals surface area contributed by atoms with Crippen LogP contribution in [0.3, 0.4) is 0 Å². The average Bonchev–Trinajstić information content (AvgIpc) is 2.82. The Bertz CT molecular complexity index is 598. The molecule has 0 spiro atoms. The van der Waals surface area contributed by atoms with Gasteiger partial charge in [0.1, 0.15) is 5.75 Å². The van der Waals surface area contributed by atoms with Gasteiger partial charge in [-0.15, -0.1) is 11.3 Å². The van der Waals surface area contributed by atoms with Crippen molar-refractivity contribution in [2.24, 2.45) is 0 Å². The van der Waals surface area contributed by atoms with Gasteiger partial charge in [-0.1, -0.05) is 6.07 Å². The van der Waals surface area contributed by atoms with Crippen molar-refractivity contribution < 1.29 is 5.11 Å². The van der Waals surface area contributed by atoms with Gasteiger partial charge in [0, 0.05) is 12.3 Å². The van der Waals surface area contributed by atoms with Crippen molar-refractivity contribution in [2.75, 3.05) is 0 Å². The van der Waals surface area contributed by atoms with E-state index >= 15 is 0 Å². The molecule has 0 aromatic carbocycles. The molecule has 0 amide bonds. The zero-order valence-corrected chi connectivity index (χ0v) is 8.61. The quantitative estimate of drug-likeness (QED) is 0.679. The second-order valence-electron chi connectivity index (χ2n) is 3.24. The summed E-state index contributed by atoms with van der Waals surface area (Å²) >= 11 is 1.65. The molecule has 0 radical (unpaired) electrons. The average molecular weight is 216 g/mol. The lowest BCUT2D eigenvalue weighted by molar-refractivity contribution is 0.475. The fraction of sp³-hybridized carbons (Fsp3) is 0. The summed E-state index contributed by atoms with van der Waals surface area (Å²) in [7, 11) is 0. The summed E-state index contributed by atoms with van der Waals surface area (Å²) < 4.78 is 1.96. The Morgan fingerprint density at radius 3 is 3.07 bits per heavy atom. The monoisotopic (exact) mass is 216 g/mol. The number of nitrogens with zero attached hydrogens (tertiary/aromatic N) is 2. The fourth-order valence-corrected chi connectivity index (χ4v) is 2.29. The van der Waals surface area contributed by atoms with E-state index in [1.165, 1.54) is 0 Å². The van der Waals surface area contributed by atoms with Crippen molar-refractivity contribution in [3.63, 3.8) is 0 Å². The van der Waals surface area contributed by atoms with Crippen molar-refractivity contribution in [1.82, 2.24) is 9.38 Å². The smallest absolute Gasteiger partial charge is 0.154 e. The van der Waals surface area contributed by atoms with Crippen LogP contribution in [0.2, 0.25) is 0 Å². The molecule has 1 N–H and O–H groups in total. The van der Waals surface area contributed by atoms with Crippen LogP contribution < -0.4 is 0 Å². The molecule has 3 rings (SSSR count). The highest BCUT2D eigenvalue weighted by Crippen LogP contribution is 2.25. The first-order chi connectivity index (χ1) is 7.34. The van der Waals surface area contributed by atoms with Gasteiger partial charge in [0.25, 0.3) is 0 Å². The maximum atomic E-state index is 9.33. The number of thiophene rings is 1. The van der Waals surface area contributed by atoms with Gasteiger partial charge >= 0.3 is 0 Å². The number of aromatic nitrogens is 2. The maximum absolute atomic E-state index is 9.33. The Labute approximate surface area is 90.3 Å². The van der Waals surface area contributed by atoms with Crippen LogP contribution in [0.5, 0.6) is 5.75 Å². The van der Waals surface area contributed by atoms with E-state index in [-0.39, 0.29) is 5.75 Å². The standard InChI is InChI=1S/C11H8N2OS/c14-9-3-4-13-8(6-9)7-12-11(13)10-2-1-5-15-10/h1-7,14H. The number of aromatic hydroxyl groups is 1. The van der Waals surface area contributed by atoms with E-state index in [1.54, 1.807) is 29.7 Å². The summed E-state index contributed by atoms with van der Waals surface area (Å²) in [5.41, 5.74) is 0.901. The molecular formula is C11H8N2OS. The minimum absolute atomic E-state index is 0.264. The van der Waals surface area contributed by atoms with Crippen LogP contribution in [-0.2, 0) is 0 Å². The van der Waals surface area contributed by atoms with Gasteiger partial charge in [0.15, 0.2) is 5.82 Å². The molecule has 0 aliphatic heterocycles. The van der Waals surface area contributed by atoms with Gasteiger partial charge in [-0.2, -0.15) is 0 Å². The van der Waals surface area contributed by atoms with Crippen LogP contribution in [0.25, 0.3) is 16.2 Å². The first-order valence-electron chi connectivity index (χ1n) is 4.54. The molecule has 0 fully saturated rings. The number of rotatable bonds is 1. The third kappa shape index (κ3) is 1.30. The minimum atomic E-state index is 0.264. The van der Waals surface area contributed by atoms with Crippen molar-refractivity contribution in [2.45, 2.75) is 0 Å². The van der Waals surface area contributed by atoms with Gasteiger partial charge in [-0.05, 0) is 17.5 Å². The second-order valence-corrected chi connectivity index (χ2v) is 4.19. The largest absolute Gasteiger partial charge is 0.508 e. The zero-order chi connectivity index (χ0) is 10.3. The van der Waals surface area contributed by atoms with Gasteiger partial charge in [0.2, 0.25) is 0 Å². The summed E-state index contributed by atoms with van der Waals surface area (Å²) in [5.74, 6) is 1.18. The molecule has 0 saturated carbocycles. The van der Waals surface area contributed by atoms with Crippen LogP contribution in [0, 0.1) is 0 Å². The predicted octanol–water partition coefficient (Wildman–Crippen LogP) is 2.77. The molecule has 3 aromatic rings. The van der Waals surface area contributed by atoms with Crippen molar-refractivity contribution in [3.8, 4) is 16.5 Å². The molecule has 4 heteroatoms. The SMILES string of the molecule is Oc1ccn2c(-c3cccs3)ncc2c1. The van der Waals surface area contributed by atoms with Crippen LogP contribution in [0.1, 0.15) is 0 Å². The number of fused-ring (bicyclic) bond motifs is 1. The number of hydrogen-bond donors (Lipinski definition) is 1. The van der Waals surface area contributed by atoms with Crippen molar-refractivity contribution in [1.29, 1.82) is 0 Å². The van der Waals surface area contributed by atoms with E-state index in [0.717, 1.165) is 16.2 Å². The van der Waals surface area contributed by atoms with Crippen LogP contribution in [0.15, 0.2) is 42.0 Å². The van der Waals surface area contributed by atoms with E-state index in [9.17, 15) is 5.11 Å². The lowest BCUT2D eigenvalue weighted by atomic mass is 10.4. The second kappa shape index (κ2) is 3.10. The summed E-state index contributed by atoms with van der Waals surface area (Å²) in [4.78, 5) is 5.47. The lowest BCUT2D eigenvalue weighted by Crippen LogP contribution is -1.85. The van der Waals surface area contributed by atoms with Gasteiger partial charge in [-0.3, -0.25) is 4.40 Å². The van der Waals surface area contributed by atoms with Gasteiger partial charge in [-0.25, -0.2) is 4.98 Å². The highest BCUT2D eigenvalue weighted by Gasteiger charge is 2.06. The highest BCUT2D eigenvalue weighted by atomic mass is 32.1. The highest BCUT2D eigenvalue weighted by molar-refractivity contribution is 7.13. The molecule has 15 heavy (non-hydrogen) atoms. The Hall–Kier alpha value is -1.81. The lowest BCUT2D eigenvalue weighted by Gasteiger charge is -1.98. The molecular weight excluding hydrogens is 208 g/mol.